The number of carboxylic acids is 1. The van der Waals surface area contributed by atoms with E-state index in [-0.39, 0.29) is 0 Å². The summed E-state index contributed by atoms with van der Waals surface area (Å²) in [6.45, 7) is 3.13. The summed E-state index contributed by atoms with van der Waals surface area (Å²) in [7, 11) is 0. The van der Waals surface area contributed by atoms with Gasteiger partial charge in [-0.3, -0.25) is 0 Å². The van der Waals surface area contributed by atoms with Crippen molar-refractivity contribution >= 4 is 5.97 Å². The zero-order chi connectivity index (χ0) is 14.1. The Morgan fingerprint density at radius 3 is 2.60 bits per heavy atom. The highest BCUT2D eigenvalue weighted by Crippen LogP contribution is 2.49. The molecule has 2 aliphatic rings. The molecular weight excluding hydrogens is 250 g/mol. The molecule has 2 fully saturated rings. The van der Waals surface area contributed by atoms with Crippen LogP contribution in [0.2, 0.25) is 0 Å². The van der Waals surface area contributed by atoms with Crippen molar-refractivity contribution in [3.63, 3.8) is 0 Å². The molecule has 0 aromatic heterocycles. The van der Waals surface area contributed by atoms with Gasteiger partial charge in [0.05, 0.1) is 5.56 Å². The standard InChI is InChI=1S/C17H23NO2/c1-11(16-9-13-4-7-15(16)8-13)18-10-12-2-5-14(6-3-12)17(19)20/h2-3,5-6,11,13,15-16,18H,4,7-10H2,1H3,(H,19,20). The maximum Gasteiger partial charge on any atom is 0.335 e. The summed E-state index contributed by atoms with van der Waals surface area (Å²) < 4.78 is 0. The Kier molecular flexibility index (Phi) is 3.79. The van der Waals surface area contributed by atoms with E-state index in [2.05, 4.69) is 12.2 Å². The van der Waals surface area contributed by atoms with Crippen molar-refractivity contribution in [3.05, 3.63) is 35.4 Å². The Morgan fingerprint density at radius 1 is 1.30 bits per heavy atom. The van der Waals surface area contributed by atoms with Crippen molar-refractivity contribution in [2.45, 2.75) is 45.2 Å². The van der Waals surface area contributed by atoms with Crippen molar-refractivity contribution in [2.75, 3.05) is 0 Å². The molecule has 3 nitrogen and oxygen atoms in total. The second-order valence-corrected chi connectivity index (χ2v) is 6.51. The number of aromatic carboxylic acids is 1. The van der Waals surface area contributed by atoms with E-state index in [0.29, 0.717) is 11.6 Å². The van der Waals surface area contributed by atoms with Crippen molar-refractivity contribution in [1.29, 1.82) is 0 Å². The molecule has 0 amide bonds. The lowest BCUT2D eigenvalue weighted by molar-refractivity contribution is 0.0697. The zero-order valence-corrected chi connectivity index (χ0v) is 12.0. The molecule has 0 aliphatic heterocycles. The molecule has 2 N–H and O–H groups in total. The smallest absolute Gasteiger partial charge is 0.335 e. The van der Waals surface area contributed by atoms with Crippen LogP contribution in [0.4, 0.5) is 0 Å². The summed E-state index contributed by atoms with van der Waals surface area (Å²) in [4.78, 5) is 10.8. The average molecular weight is 273 g/mol. The summed E-state index contributed by atoms with van der Waals surface area (Å²) in [6, 6.07) is 7.74. The highest BCUT2D eigenvalue weighted by Gasteiger charge is 2.41. The third kappa shape index (κ3) is 2.73. The second-order valence-electron chi connectivity index (χ2n) is 6.51. The fourth-order valence-corrected chi connectivity index (χ4v) is 4.10. The molecule has 0 spiro atoms. The van der Waals surface area contributed by atoms with Gasteiger partial charge in [-0.1, -0.05) is 18.6 Å². The largest absolute Gasteiger partial charge is 0.478 e. The topological polar surface area (TPSA) is 49.3 Å². The maximum absolute atomic E-state index is 10.8. The lowest BCUT2D eigenvalue weighted by Crippen LogP contribution is -2.35. The SMILES string of the molecule is CC(NCc1ccc(C(=O)O)cc1)C1CC2CCC1C2. The molecule has 3 rings (SSSR count). The zero-order valence-electron chi connectivity index (χ0n) is 12.0. The van der Waals surface area contributed by atoms with E-state index < -0.39 is 5.97 Å². The number of nitrogens with one attached hydrogen (secondary N) is 1. The summed E-state index contributed by atoms with van der Waals surface area (Å²) in [6.07, 6.45) is 5.72. The van der Waals surface area contributed by atoms with Gasteiger partial charge in [-0.05, 0) is 61.6 Å². The molecule has 1 aromatic rings. The van der Waals surface area contributed by atoms with Crippen LogP contribution in [0.1, 0.15) is 48.5 Å². The first kappa shape index (κ1) is 13.6. The summed E-state index contributed by atoms with van der Waals surface area (Å²) >= 11 is 0. The molecule has 2 aliphatic carbocycles. The summed E-state index contributed by atoms with van der Waals surface area (Å²) in [5, 5.41) is 12.5. The van der Waals surface area contributed by atoms with Crippen molar-refractivity contribution in [1.82, 2.24) is 5.32 Å². The van der Waals surface area contributed by atoms with E-state index >= 15 is 0 Å². The van der Waals surface area contributed by atoms with Gasteiger partial charge < -0.3 is 10.4 Å². The van der Waals surface area contributed by atoms with Crippen LogP contribution < -0.4 is 5.32 Å². The molecule has 108 valence electrons. The van der Waals surface area contributed by atoms with Crippen LogP contribution in [0.15, 0.2) is 24.3 Å². The molecule has 1 aromatic carbocycles. The first-order valence-corrected chi connectivity index (χ1v) is 7.69. The number of rotatable bonds is 5. The minimum Gasteiger partial charge on any atom is -0.478 e. The first-order chi connectivity index (χ1) is 9.63. The lowest BCUT2D eigenvalue weighted by Gasteiger charge is -2.28. The van der Waals surface area contributed by atoms with E-state index in [1.807, 2.05) is 12.1 Å². The van der Waals surface area contributed by atoms with Gasteiger partial charge in [-0.25, -0.2) is 4.79 Å². The van der Waals surface area contributed by atoms with E-state index in [1.165, 1.54) is 25.7 Å². The van der Waals surface area contributed by atoms with Crippen molar-refractivity contribution in [2.24, 2.45) is 17.8 Å². The van der Waals surface area contributed by atoms with Gasteiger partial charge in [0.1, 0.15) is 0 Å². The monoisotopic (exact) mass is 273 g/mol. The van der Waals surface area contributed by atoms with Crippen LogP contribution in [0.3, 0.4) is 0 Å². The highest BCUT2D eigenvalue weighted by atomic mass is 16.4. The molecule has 2 bridgehead atoms. The number of benzene rings is 1. The summed E-state index contributed by atoms with van der Waals surface area (Å²) in [5.74, 6) is 1.91. The Morgan fingerprint density at radius 2 is 2.05 bits per heavy atom. The molecular formula is C17H23NO2. The molecule has 0 saturated heterocycles. The lowest BCUT2D eigenvalue weighted by atomic mass is 9.84. The normalized spacial score (nSPS) is 29.6. The first-order valence-electron chi connectivity index (χ1n) is 7.69. The summed E-state index contributed by atoms with van der Waals surface area (Å²) in [5.41, 5.74) is 1.51. The van der Waals surface area contributed by atoms with Gasteiger partial charge in [-0.15, -0.1) is 0 Å². The predicted octanol–water partition coefficient (Wildman–Crippen LogP) is 3.30. The van der Waals surface area contributed by atoms with Crippen molar-refractivity contribution < 1.29 is 9.90 Å². The van der Waals surface area contributed by atoms with Crippen LogP contribution >= 0.6 is 0 Å². The molecule has 4 unspecified atom stereocenters. The third-order valence-corrected chi connectivity index (χ3v) is 5.26. The van der Waals surface area contributed by atoms with Crippen LogP contribution in [-0.2, 0) is 6.54 Å². The van der Waals surface area contributed by atoms with Gasteiger partial charge in [0.2, 0.25) is 0 Å². The van der Waals surface area contributed by atoms with Crippen LogP contribution in [0.25, 0.3) is 0 Å². The fraction of sp³-hybridized carbons (Fsp3) is 0.588. The quantitative estimate of drug-likeness (QED) is 0.865. The van der Waals surface area contributed by atoms with E-state index in [4.69, 9.17) is 5.11 Å². The van der Waals surface area contributed by atoms with Crippen molar-refractivity contribution in [3.8, 4) is 0 Å². The molecule has 3 heteroatoms. The minimum absolute atomic E-state index is 0.356. The van der Waals surface area contributed by atoms with Gasteiger partial charge in [0.25, 0.3) is 0 Å². The Bertz CT molecular complexity index is 482. The Balaban J connectivity index is 1.52. The number of carbonyl (C=O) groups is 1. The van der Waals surface area contributed by atoms with Crippen LogP contribution in [0.5, 0.6) is 0 Å². The van der Waals surface area contributed by atoms with Crippen LogP contribution in [-0.4, -0.2) is 17.1 Å². The van der Waals surface area contributed by atoms with E-state index in [1.54, 1.807) is 12.1 Å². The Hall–Kier alpha value is -1.35. The van der Waals surface area contributed by atoms with Gasteiger partial charge in [-0.2, -0.15) is 0 Å². The maximum atomic E-state index is 10.8. The molecule has 0 radical (unpaired) electrons. The fourth-order valence-electron chi connectivity index (χ4n) is 4.10. The van der Waals surface area contributed by atoms with Crippen LogP contribution in [0, 0.1) is 17.8 Å². The van der Waals surface area contributed by atoms with E-state index in [0.717, 1.165) is 29.9 Å². The molecule has 0 heterocycles. The minimum atomic E-state index is -0.861. The third-order valence-electron chi connectivity index (χ3n) is 5.26. The molecule has 20 heavy (non-hydrogen) atoms. The van der Waals surface area contributed by atoms with E-state index in [9.17, 15) is 4.79 Å². The molecule has 2 saturated carbocycles. The number of hydrogen-bond donors (Lipinski definition) is 2. The second kappa shape index (κ2) is 5.57. The molecule has 4 atom stereocenters. The average Bonchev–Trinajstić information content (AvgIpc) is 3.08. The number of carboxylic acid groups (broad SMARTS) is 1. The predicted molar refractivity (Wildman–Crippen MR) is 78.6 cm³/mol. The number of fused-ring (bicyclic) bond motifs is 2. The van der Waals surface area contributed by atoms with Gasteiger partial charge in [0, 0.05) is 12.6 Å². The highest BCUT2D eigenvalue weighted by molar-refractivity contribution is 5.87. The Labute approximate surface area is 120 Å². The number of hydrogen-bond acceptors (Lipinski definition) is 2. The van der Waals surface area contributed by atoms with Gasteiger partial charge >= 0.3 is 5.97 Å². The van der Waals surface area contributed by atoms with Gasteiger partial charge in [0.15, 0.2) is 0 Å².